The second-order valence-corrected chi connectivity index (χ2v) is 10.7. The molecule has 84 valence electrons. The predicted molar refractivity (Wildman–Crippen MR) is 63.0 cm³/mol. The van der Waals surface area contributed by atoms with Gasteiger partial charge in [-0.2, -0.15) is 0 Å². The highest BCUT2D eigenvalue weighted by atomic mass is 28.4. The van der Waals surface area contributed by atoms with Crippen molar-refractivity contribution in [2.45, 2.75) is 64.8 Å². The zero-order chi connectivity index (χ0) is 11.6. The maximum atomic E-state index is 10.5. The van der Waals surface area contributed by atoms with Crippen LogP contribution in [0.3, 0.4) is 0 Å². The van der Waals surface area contributed by atoms with E-state index >= 15 is 0 Å². The maximum Gasteiger partial charge on any atom is 0.192 e. The fourth-order valence-electron chi connectivity index (χ4n) is 1.09. The van der Waals surface area contributed by atoms with Gasteiger partial charge < -0.3 is 9.22 Å². The molecule has 0 radical (unpaired) electrons. The van der Waals surface area contributed by atoms with Gasteiger partial charge in [0.2, 0.25) is 0 Å². The molecule has 0 aromatic carbocycles. The Kier molecular flexibility index (Phi) is 4.10. The van der Waals surface area contributed by atoms with Crippen LogP contribution in [0.1, 0.15) is 41.0 Å². The van der Waals surface area contributed by atoms with Crippen molar-refractivity contribution in [1.82, 2.24) is 0 Å². The van der Waals surface area contributed by atoms with Gasteiger partial charge in [-0.25, -0.2) is 0 Å². The third-order valence-electron chi connectivity index (χ3n) is 2.91. The topological polar surface area (TPSA) is 26.3 Å². The van der Waals surface area contributed by atoms with Gasteiger partial charge in [-0.1, -0.05) is 20.8 Å². The largest absolute Gasteiger partial charge is 0.411 e. The molecule has 0 aromatic heterocycles. The summed E-state index contributed by atoms with van der Waals surface area (Å²) in [6.45, 7) is 15.0. The first-order chi connectivity index (χ1) is 6.02. The van der Waals surface area contributed by atoms with Crippen molar-refractivity contribution in [3.05, 3.63) is 0 Å². The first-order valence-electron chi connectivity index (χ1n) is 5.16. The molecule has 0 atom stereocenters. The van der Waals surface area contributed by atoms with Crippen molar-refractivity contribution in [2.24, 2.45) is 0 Å². The Morgan fingerprint density at radius 2 is 1.57 bits per heavy atom. The minimum Gasteiger partial charge on any atom is -0.411 e. The zero-order valence-corrected chi connectivity index (χ0v) is 11.6. The molecule has 0 saturated heterocycles. The number of carbonyl (C=O) groups excluding carboxylic acids is 1. The Morgan fingerprint density at radius 1 is 1.14 bits per heavy atom. The lowest BCUT2D eigenvalue weighted by Gasteiger charge is -2.42. The molecular weight excluding hydrogens is 192 g/mol. The molecule has 0 fully saturated rings. The SMILES string of the molecule is CC(C)(CC=O)O[Si](C)(C)C(C)(C)C. The third kappa shape index (κ3) is 3.92. The van der Waals surface area contributed by atoms with Crippen LogP contribution in [0, 0.1) is 0 Å². The monoisotopic (exact) mass is 216 g/mol. The van der Waals surface area contributed by atoms with E-state index in [0.717, 1.165) is 6.29 Å². The van der Waals surface area contributed by atoms with Crippen LogP contribution in [0.2, 0.25) is 18.1 Å². The van der Waals surface area contributed by atoms with Crippen molar-refractivity contribution in [1.29, 1.82) is 0 Å². The lowest BCUT2D eigenvalue weighted by atomic mass is 10.1. The summed E-state index contributed by atoms with van der Waals surface area (Å²) in [7, 11) is -1.74. The summed E-state index contributed by atoms with van der Waals surface area (Å²) < 4.78 is 6.14. The minimum atomic E-state index is -1.74. The minimum absolute atomic E-state index is 0.202. The number of rotatable bonds is 4. The van der Waals surface area contributed by atoms with Crippen molar-refractivity contribution >= 4 is 14.6 Å². The average Bonchev–Trinajstić information content (AvgIpc) is 1.80. The Labute approximate surface area is 89.2 Å². The van der Waals surface area contributed by atoms with Crippen LogP contribution in [-0.2, 0) is 9.22 Å². The lowest BCUT2D eigenvalue weighted by molar-refractivity contribution is -0.110. The highest BCUT2D eigenvalue weighted by Crippen LogP contribution is 2.39. The van der Waals surface area contributed by atoms with Gasteiger partial charge in [0.15, 0.2) is 8.32 Å². The van der Waals surface area contributed by atoms with E-state index < -0.39 is 8.32 Å². The number of aldehydes is 1. The lowest BCUT2D eigenvalue weighted by Crippen LogP contribution is -2.47. The summed E-state index contributed by atoms with van der Waals surface area (Å²) in [6.07, 6.45) is 1.41. The molecule has 3 heteroatoms. The van der Waals surface area contributed by atoms with Gasteiger partial charge in [0, 0.05) is 6.42 Å². The second kappa shape index (κ2) is 4.15. The molecule has 0 aliphatic carbocycles. The summed E-state index contributed by atoms with van der Waals surface area (Å²) in [5, 5.41) is 0.202. The van der Waals surface area contributed by atoms with E-state index in [2.05, 4.69) is 33.9 Å². The fourth-order valence-corrected chi connectivity index (χ4v) is 2.86. The van der Waals surface area contributed by atoms with Crippen LogP contribution in [0.15, 0.2) is 0 Å². The predicted octanol–water partition coefficient (Wildman–Crippen LogP) is 3.38. The molecule has 0 amide bonds. The molecule has 0 unspecified atom stereocenters. The standard InChI is InChI=1S/C11H24O2Si/c1-10(2,3)14(6,7)13-11(4,5)8-9-12/h9H,8H2,1-7H3. The van der Waals surface area contributed by atoms with E-state index in [1.807, 2.05) is 13.8 Å². The smallest absolute Gasteiger partial charge is 0.192 e. The number of carbonyl (C=O) groups is 1. The molecule has 0 spiro atoms. The van der Waals surface area contributed by atoms with Crippen molar-refractivity contribution in [2.75, 3.05) is 0 Å². The van der Waals surface area contributed by atoms with Crippen molar-refractivity contribution in [3.63, 3.8) is 0 Å². The van der Waals surface area contributed by atoms with Gasteiger partial charge in [-0.3, -0.25) is 0 Å². The summed E-state index contributed by atoms with van der Waals surface area (Å²) in [4.78, 5) is 10.5. The molecule has 0 aliphatic heterocycles. The Hall–Kier alpha value is -0.153. The fraction of sp³-hybridized carbons (Fsp3) is 0.909. The molecule has 0 aliphatic rings. The van der Waals surface area contributed by atoms with Crippen molar-refractivity contribution in [3.8, 4) is 0 Å². The molecule has 0 aromatic rings. The molecule has 0 saturated carbocycles. The van der Waals surface area contributed by atoms with Crippen LogP contribution >= 0.6 is 0 Å². The van der Waals surface area contributed by atoms with E-state index in [0.29, 0.717) is 6.42 Å². The summed E-state index contributed by atoms with van der Waals surface area (Å²) in [6, 6.07) is 0. The average molecular weight is 216 g/mol. The molecule has 0 bridgehead atoms. The number of hydrogen-bond donors (Lipinski definition) is 0. The van der Waals surface area contributed by atoms with E-state index in [1.165, 1.54) is 0 Å². The van der Waals surface area contributed by atoms with Crippen molar-refractivity contribution < 1.29 is 9.22 Å². The Bertz CT molecular complexity index is 202. The molecule has 2 nitrogen and oxygen atoms in total. The third-order valence-corrected chi connectivity index (χ3v) is 7.59. The second-order valence-electron chi connectivity index (χ2n) is 5.99. The first-order valence-corrected chi connectivity index (χ1v) is 8.06. The summed E-state index contributed by atoms with van der Waals surface area (Å²) >= 11 is 0. The van der Waals surface area contributed by atoms with Gasteiger partial charge >= 0.3 is 0 Å². The summed E-state index contributed by atoms with van der Waals surface area (Å²) in [5.41, 5.74) is -0.315. The summed E-state index contributed by atoms with van der Waals surface area (Å²) in [5.74, 6) is 0. The highest BCUT2D eigenvalue weighted by Gasteiger charge is 2.41. The molecule has 0 heterocycles. The molecular formula is C11H24O2Si. The molecule has 0 N–H and O–H groups in total. The van der Waals surface area contributed by atoms with E-state index in [9.17, 15) is 4.79 Å². The molecule has 0 rings (SSSR count). The zero-order valence-electron chi connectivity index (χ0n) is 10.6. The van der Waals surface area contributed by atoms with Gasteiger partial charge in [0.05, 0.1) is 5.60 Å². The van der Waals surface area contributed by atoms with E-state index in [4.69, 9.17) is 4.43 Å². The van der Waals surface area contributed by atoms with Crippen LogP contribution in [0.25, 0.3) is 0 Å². The van der Waals surface area contributed by atoms with Gasteiger partial charge in [-0.15, -0.1) is 0 Å². The highest BCUT2D eigenvalue weighted by molar-refractivity contribution is 6.74. The van der Waals surface area contributed by atoms with Gasteiger partial charge in [0.25, 0.3) is 0 Å². The molecule has 14 heavy (non-hydrogen) atoms. The Balaban J connectivity index is 4.57. The van der Waals surface area contributed by atoms with E-state index in [-0.39, 0.29) is 10.6 Å². The Morgan fingerprint density at radius 3 is 1.86 bits per heavy atom. The maximum absolute atomic E-state index is 10.5. The van der Waals surface area contributed by atoms with Crippen LogP contribution < -0.4 is 0 Å². The van der Waals surface area contributed by atoms with Gasteiger partial charge in [0.1, 0.15) is 6.29 Å². The quantitative estimate of drug-likeness (QED) is 0.532. The first kappa shape index (κ1) is 13.8. The van der Waals surface area contributed by atoms with Gasteiger partial charge in [-0.05, 0) is 32.0 Å². The van der Waals surface area contributed by atoms with Crippen LogP contribution in [-0.4, -0.2) is 20.2 Å². The van der Waals surface area contributed by atoms with Crippen LogP contribution in [0.5, 0.6) is 0 Å². The number of hydrogen-bond acceptors (Lipinski definition) is 2. The normalized spacial score (nSPS) is 14.2. The van der Waals surface area contributed by atoms with E-state index in [1.54, 1.807) is 0 Å². The van der Waals surface area contributed by atoms with Crippen LogP contribution in [0.4, 0.5) is 0 Å².